The summed E-state index contributed by atoms with van der Waals surface area (Å²) in [5.41, 5.74) is 8.80. The second-order valence-electron chi connectivity index (χ2n) is 11.5. The molecule has 2 aliphatic heterocycles. The molecule has 1 amide bonds. The van der Waals surface area contributed by atoms with Gasteiger partial charge in [-0.05, 0) is 63.4 Å². The molecule has 9 nitrogen and oxygen atoms in total. The predicted octanol–water partition coefficient (Wildman–Crippen LogP) is 4.23. The number of hydrogen-bond donors (Lipinski definition) is 3. The summed E-state index contributed by atoms with van der Waals surface area (Å²) >= 11 is 0. The van der Waals surface area contributed by atoms with E-state index in [9.17, 15) is 4.79 Å². The van der Waals surface area contributed by atoms with Gasteiger partial charge in [0.25, 0.3) is 5.91 Å². The molecule has 0 atom stereocenters. The van der Waals surface area contributed by atoms with Gasteiger partial charge in [0.05, 0.1) is 5.69 Å². The number of nitrogens with two attached hydrogens (primary N) is 1. The lowest BCUT2D eigenvalue weighted by atomic mass is 10.0. The van der Waals surface area contributed by atoms with Crippen LogP contribution in [0.25, 0.3) is 0 Å². The summed E-state index contributed by atoms with van der Waals surface area (Å²) in [6, 6.07) is 9.51. The third-order valence-corrected chi connectivity index (χ3v) is 8.75. The smallest absolute Gasteiger partial charge is 0.271 e. The average Bonchev–Trinajstić information content (AvgIpc) is 3.23. The highest BCUT2D eigenvalue weighted by Gasteiger charge is 2.27. The lowest BCUT2D eigenvalue weighted by molar-refractivity contribution is 0.0982. The lowest BCUT2D eigenvalue weighted by Gasteiger charge is -2.42. The van der Waals surface area contributed by atoms with Crippen LogP contribution < -0.4 is 21.3 Å². The Bertz CT molecular complexity index is 1080. The number of hydrogen-bond acceptors (Lipinski definition) is 8. The zero-order valence-corrected chi connectivity index (χ0v) is 23.8. The van der Waals surface area contributed by atoms with Crippen molar-refractivity contribution >= 4 is 28.9 Å². The summed E-state index contributed by atoms with van der Waals surface area (Å²) in [5, 5.41) is 6.97. The Morgan fingerprint density at radius 3 is 2.18 bits per heavy atom. The number of nitrogens with one attached hydrogen (secondary N) is 2. The van der Waals surface area contributed by atoms with Crippen LogP contribution in [0.2, 0.25) is 0 Å². The van der Waals surface area contributed by atoms with Crippen LogP contribution in [0.1, 0.15) is 74.5 Å². The molecule has 3 aliphatic rings. The fourth-order valence-electron chi connectivity index (χ4n) is 6.28. The third kappa shape index (κ3) is 7.00. The van der Waals surface area contributed by atoms with Crippen LogP contribution in [0.5, 0.6) is 0 Å². The second kappa shape index (κ2) is 13.0. The van der Waals surface area contributed by atoms with Crippen LogP contribution in [-0.4, -0.2) is 84.1 Å². The molecule has 212 valence electrons. The van der Waals surface area contributed by atoms with Gasteiger partial charge < -0.3 is 26.2 Å². The summed E-state index contributed by atoms with van der Waals surface area (Å²) in [5.74, 6) is 0.605. The molecular weight excluding hydrogens is 488 g/mol. The number of rotatable bonds is 8. The van der Waals surface area contributed by atoms with E-state index in [1.807, 2.05) is 6.92 Å². The molecule has 2 saturated heterocycles. The first-order valence-electron chi connectivity index (χ1n) is 15.0. The largest absolute Gasteiger partial charge is 0.371 e. The molecule has 0 unspecified atom stereocenters. The zero-order valence-electron chi connectivity index (χ0n) is 23.8. The number of benzene rings is 1. The van der Waals surface area contributed by atoms with Crippen LogP contribution in [-0.2, 0) is 6.42 Å². The highest BCUT2D eigenvalue weighted by molar-refractivity contribution is 5.96. The third-order valence-electron chi connectivity index (χ3n) is 8.75. The number of likely N-dealkylation sites (N-methyl/N-ethyl adjacent to an activating group) is 1. The Kier molecular flexibility index (Phi) is 9.19. The van der Waals surface area contributed by atoms with E-state index in [4.69, 9.17) is 10.7 Å². The van der Waals surface area contributed by atoms with Crippen LogP contribution >= 0.6 is 0 Å². The molecule has 9 heteroatoms. The van der Waals surface area contributed by atoms with Crippen molar-refractivity contribution in [1.29, 1.82) is 0 Å². The van der Waals surface area contributed by atoms with E-state index >= 15 is 0 Å². The van der Waals surface area contributed by atoms with Crippen molar-refractivity contribution in [3.63, 3.8) is 0 Å². The monoisotopic (exact) mass is 534 g/mol. The highest BCUT2D eigenvalue weighted by Crippen LogP contribution is 2.28. The molecule has 0 radical (unpaired) electrons. The molecule has 3 heterocycles. The van der Waals surface area contributed by atoms with E-state index in [0.29, 0.717) is 24.3 Å². The number of aromatic nitrogens is 2. The molecule has 3 fully saturated rings. The molecule has 2 aromatic rings. The number of piperidine rings is 1. The fourth-order valence-corrected chi connectivity index (χ4v) is 6.28. The van der Waals surface area contributed by atoms with Crippen LogP contribution in [0.15, 0.2) is 24.3 Å². The first-order chi connectivity index (χ1) is 19.0. The van der Waals surface area contributed by atoms with E-state index in [2.05, 4.69) is 61.6 Å². The number of aryl methyl sites for hydroxylation is 1. The van der Waals surface area contributed by atoms with Gasteiger partial charge in [0, 0.05) is 62.7 Å². The van der Waals surface area contributed by atoms with Crippen molar-refractivity contribution < 1.29 is 4.79 Å². The first-order valence-corrected chi connectivity index (χ1v) is 15.0. The van der Waals surface area contributed by atoms with Gasteiger partial charge in [-0.15, -0.1) is 0 Å². The van der Waals surface area contributed by atoms with Gasteiger partial charge in [-0.3, -0.25) is 9.69 Å². The van der Waals surface area contributed by atoms with Crippen molar-refractivity contribution in [2.45, 2.75) is 76.8 Å². The van der Waals surface area contributed by atoms with Gasteiger partial charge in [-0.25, -0.2) is 9.97 Å². The van der Waals surface area contributed by atoms with E-state index in [1.54, 1.807) is 0 Å². The number of carbonyl (C=O) groups excluding carboxylic acids is 1. The quantitative estimate of drug-likeness (QED) is 0.433. The molecule has 1 saturated carbocycles. The van der Waals surface area contributed by atoms with Gasteiger partial charge in [0.1, 0.15) is 5.82 Å². The molecule has 39 heavy (non-hydrogen) atoms. The Balaban J connectivity index is 1.25. The van der Waals surface area contributed by atoms with E-state index < -0.39 is 5.91 Å². The van der Waals surface area contributed by atoms with Crippen molar-refractivity contribution in [2.75, 3.05) is 61.8 Å². The van der Waals surface area contributed by atoms with E-state index in [0.717, 1.165) is 43.1 Å². The molecule has 4 N–H and O–H groups in total. The van der Waals surface area contributed by atoms with Crippen molar-refractivity contribution in [3.8, 4) is 0 Å². The summed E-state index contributed by atoms with van der Waals surface area (Å²) in [6.07, 6.45) is 10.4. The number of primary amides is 1. The molecule has 1 aromatic carbocycles. The average molecular weight is 535 g/mol. The van der Waals surface area contributed by atoms with E-state index in [1.165, 1.54) is 70.4 Å². The molecular formula is C30H46N8O. The summed E-state index contributed by atoms with van der Waals surface area (Å²) in [7, 11) is 2.22. The number of nitrogens with zero attached hydrogens (tertiary/aromatic N) is 5. The van der Waals surface area contributed by atoms with Gasteiger partial charge in [-0.2, -0.15) is 0 Å². The topological polar surface area (TPSA) is 103 Å². The highest BCUT2D eigenvalue weighted by atomic mass is 16.1. The first kappa shape index (κ1) is 27.6. The number of anilines is 4. The molecule has 5 rings (SSSR count). The lowest BCUT2D eigenvalue weighted by Crippen LogP contribution is -2.52. The van der Waals surface area contributed by atoms with Gasteiger partial charge in [-0.1, -0.05) is 32.6 Å². The Morgan fingerprint density at radius 1 is 0.897 bits per heavy atom. The predicted molar refractivity (Wildman–Crippen MR) is 159 cm³/mol. The standard InChI is InChI=1S/C30H46N8O/c1-3-26-29(32-22-8-6-4-5-7-9-22)35-30(27(34-26)28(31)39)33-23-10-12-24(13-11-23)37-16-14-25(15-17-37)38-20-18-36(2)19-21-38/h10-13,22,25H,3-9,14-21H2,1-2H3,(H2,31,39)(H2,32,33,35). The summed E-state index contributed by atoms with van der Waals surface area (Å²) in [4.78, 5) is 29.4. The maximum absolute atomic E-state index is 12.3. The second-order valence-corrected chi connectivity index (χ2v) is 11.5. The fraction of sp³-hybridized carbons (Fsp3) is 0.633. The van der Waals surface area contributed by atoms with Crippen LogP contribution in [0.3, 0.4) is 0 Å². The number of carbonyl (C=O) groups is 1. The zero-order chi connectivity index (χ0) is 27.2. The minimum Gasteiger partial charge on any atom is -0.371 e. The molecule has 1 aromatic heterocycles. The number of piperazine rings is 1. The van der Waals surface area contributed by atoms with Gasteiger partial charge in [0.15, 0.2) is 11.5 Å². The van der Waals surface area contributed by atoms with Gasteiger partial charge in [0.2, 0.25) is 0 Å². The normalized spacial score (nSPS) is 20.5. The minimum atomic E-state index is -0.569. The number of amides is 1. The summed E-state index contributed by atoms with van der Waals surface area (Å²) in [6.45, 7) is 8.92. The van der Waals surface area contributed by atoms with Crippen molar-refractivity contribution in [2.24, 2.45) is 5.73 Å². The van der Waals surface area contributed by atoms with Crippen molar-refractivity contribution in [1.82, 2.24) is 19.8 Å². The molecule has 0 spiro atoms. The maximum Gasteiger partial charge on any atom is 0.271 e. The SMILES string of the molecule is CCc1nc(C(N)=O)c(Nc2ccc(N3CCC(N4CCN(C)CC4)CC3)cc2)nc1NC1CCCCCC1. The van der Waals surface area contributed by atoms with E-state index in [-0.39, 0.29) is 5.69 Å². The van der Waals surface area contributed by atoms with Crippen molar-refractivity contribution in [3.05, 3.63) is 35.7 Å². The Hall–Kier alpha value is -2.91. The van der Waals surface area contributed by atoms with Crippen LogP contribution in [0, 0.1) is 0 Å². The van der Waals surface area contributed by atoms with Gasteiger partial charge >= 0.3 is 0 Å². The Labute approximate surface area is 233 Å². The van der Waals surface area contributed by atoms with Crippen LogP contribution in [0.4, 0.5) is 23.0 Å². The molecule has 1 aliphatic carbocycles. The maximum atomic E-state index is 12.3. The molecule has 0 bridgehead atoms. The summed E-state index contributed by atoms with van der Waals surface area (Å²) < 4.78 is 0. The Morgan fingerprint density at radius 2 is 1.56 bits per heavy atom. The minimum absolute atomic E-state index is 0.188.